The third-order valence-corrected chi connectivity index (χ3v) is 5.78. The lowest BCUT2D eigenvalue weighted by Gasteiger charge is -2.29. The number of piperazine rings is 1. The fraction of sp³-hybridized carbons (Fsp3) is 0.400. The molecular weight excluding hydrogens is 358 g/mol. The van der Waals surface area contributed by atoms with E-state index in [2.05, 4.69) is 80.7 Å². The first-order valence-electron chi connectivity index (χ1n) is 10.8. The molecule has 1 saturated heterocycles. The van der Waals surface area contributed by atoms with Crippen molar-refractivity contribution in [2.24, 2.45) is 0 Å². The van der Waals surface area contributed by atoms with Crippen LogP contribution < -0.4 is 15.1 Å². The first-order chi connectivity index (χ1) is 14.0. The molecule has 2 aromatic carbocycles. The van der Waals surface area contributed by atoms with Crippen molar-refractivity contribution in [3.63, 3.8) is 0 Å². The molecule has 1 fully saturated rings. The molecule has 154 valence electrons. The monoisotopic (exact) mass is 393 g/mol. The minimum Gasteiger partial charge on any atom is -0.322 e. The van der Waals surface area contributed by atoms with Gasteiger partial charge in [0.05, 0.1) is 6.54 Å². The van der Waals surface area contributed by atoms with Crippen molar-refractivity contribution in [3.05, 3.63) is 71.3 Å². The summed E-state index contributed by atoms with van der Waals surface area (Å²) in [6.07, 6.45) is 4.47. The van der Waals surface area contributed by atoms with Gasteiger partial charge in [-0.25, -0.2) is 0 Å². The van der Waals surface area contributed by atoms with E-state index in [0.29, 0.717) is 12.5 Å². The molecule has 1 heterocycles. The Bertz CT molecular complexity index is 821. The van der Waals surface area contributed by atoms with Crippen LogP contribution in [0.25, 0.3) is 6.08 Å². The van der Waals surface area contributed by atoms with Crippen molar-refractivity contribution in [2.45, 2.75) is 26.7 Å². The van der Waals surface area contributed by atoms with Crippen LogP contribution in [0.15, 0.2) is 54.6 Å². The predicted molar refractivity (Wildman–Crippen MR) is 121 cm³/mol. The molecule has 0 atom stereocenters. The predicted octanol–water partition coefficient (Wildman–Crippen LogP) is 1.55. The Balaban J connectivity index is 1.45. The molecule has 3 N–H and O–H groups in total. The van der Waals surface area contributed by atoms with Crippen LogP contribution in [0.1, 0.15) is 36.5 Å². The minimum atomic E-state index is 0.128. The molecule has 1 amide bonds. The second-order valence-corrected chi connectivity index (χ2v) is 8.44. The highest BCUT2D eigenvalue weighted by Crippen LogP contribution is 2.27. The number of nitrogens with one attached hydrogen (secondary N) is 3. The number of rotatable bonds is 7. The first kappa shape index (κ1) is 21.3. The summed E-state index contributed by atoms with van der Waals surface area (Å²) in [7, 11) is 0. The molecule has 4 heteroatoms. The summed E-state index contributed by atoms with van der Waals surface area (Å²) in [5.41, 5.74) is 4.61. The maximum atomic E-state index is 12.7. The van der Waals surface area contributed by atoms with E-state index in [9.17, 15) is 4.79 Å². The number of carbonyl (C=O) groups is 1. The Morgan fingerprint density at radius 1 is 1.00 bits per heavy atom. The van der Waals surface area contributed by atoms with Crippen LogP contribution >= 0.6 is 0 Å². The quantitative estimate of drug-likeness (QED) is 0.656. The van der Waals surface area contributed by atoms with Crippen LogP contribution in [0.4, 0.5) is 5.69 Å². The van der Waals surface area contributed by atoms with E-state index < -0.39 is 0 Å². The van der Waals surface area contributed by atoms with Crippen LogP contribution in [0, 0.1) is 6.92 Å². The van der Waals surface area contributed by atoms with Gasteiger partial charge in [0.1, 0.15) is 26.2 Å². The number of carbonyl (C=O) groups excluding carboxylic acids is 1. The summed E-state index contributed by atoms with van der Waals surface area (Å²) in [6, 6.07) is 16.7. The summed E-state index contributed by atoms with van der Waals surface area (Å²) in [5, 5.41) is 3.19. The van der Waals surface area contributed by atoms with Gasteiger partial charge in [-0.1, -0.05) is 68.5 Å². The molecule has 2 aromatic rings. The van der Waals surface area contributed by atoms with Crippen LogP contribution in [-0.4, -0.2) is 45.2 Å². The molecule has 3 rings (SSSR count). The summed E-state index contributed by atoms with van der Waals surface area (Å²) in [4.78, 5) is 15.7. The van der Waals surface area contributed by atoms with E-state index >= 15 is 0 Å². The van der Waals surface area contributed by atoms with Gasteiger partial charge in [0.25, 0.3) is 5.91 Å². The number of hydrogen-bond donors (Lipinski definition) is 3. The topological polar surface area (TPSA) is 38.0 Å². The highest BCUT2D eigenvalue weighted by Gasteiger charge is 2.24. The van der Waals surface area contributed by atoms with Gasteiger partial charge in [-0.3, -0.25) is 4.79 Å². The normalized spacial score (nSPS) is 19.6. The van der Waals surface area contributed by atoms with E-state index in [1.165, 1.54) is 16.0 Å². The van der Waals surface area contributed by atoms with Gasteiger partial charge in [0.15, 0.2) is 6.54 Å². The number of benzene rings is 2. The first-order valence-corrected chi connectivity index (χ1v) is 10.8. The SMILES string of the molecule is Cc1cccc(C(C)C)c1NC(=O)C[NH+]1CC[NH+](C/C=C/c2ccccc2)CC1. The Hall–Kier alpha value is -2.43. The van der Waals surface area contributed by atoms with Gasteiger partial charge in [-0.15, -0.1) is 0 Å². The molecule has 1 aliphatic rings. The van der Waals surface area contributed by atoms with Crippen molar-refractivity contribution in [2.75, 3.05) is 44.6 Å². The molecule has 0 unspecified atom stereocenters. The van der Waals surface area contributed by atoms with Gasteiger partial charge < -0.3 is 15.1 Å². The zero-order valence-electron chi connectivity index (χ0n) is 18.0. The molecule has 0 aliphatic carbocycles. The Morgan fingerprint density at radius 2 is 1.69 bits per heavy atom. The number of para-hydroxylation sites is 1. The van der Waals surface area contributed by atoms with Crippen molar-refractivity contribution < 1.29 is 14.6 Å². The van der Waals surface area contributed by atoms with Crippen molar-refractivity contribution in [1.82, 2.24) is 0 Å². The van der Waals surface area contributed by atoms with E-state index in [-0.39, 0.29) is 5.91 Å². The smallest absolute Gasteiger partial charge is 0.279 e. The lowest BCUT2D eigenvalue weighted by molar-refractivity contribution is -1.01. The average molecular weight is 394 g/mol. The largest absolute Gasteiger partial charge is 0.322 e. The number of quaternary nitrogens is 2. The summed E-state index contributed by atoms with van der Waals surface area (Å²) < 4.78 is 0. The number of hydrogen-bond acceptors (Lipinski definition) is 1. The second kappa shape index (κ2) is 10.4. The third kappa shape index (κ3) is 6.28. The number of amides is 1. The lowest BCUT2D eigenvalue weighted by atomic mass is 9.98. The molecule has 29 heavy (non-hydrogen) atoms. The van der Waals surface area contributed by atoms with Crippen molar-refractivity contribution >= 4 is 17.7 Å². The third-order valence-electron chi connectivity index (χ3n) is 5.78. The molecule has 0 bridgehead atoms. The zero-order chi connectivity index (χ0) is 20.6. The molecule has 4 nitrogen and oxygen atoms in total. The fourth-order valence-electron chi connectivity index (χ4n) is 4.02. The molecule has 0 spiro atoms. The molecule has 0 aromatic heterocycles. The summed E-state index contributed by atoms with van der Waals surface area (Å²) in [5.74, 6) is 0.525. The average Bonchev–Trinajstić information content (AvgIpc) is 2.71. The fourth-order valence-corrected chi connectivity index (χ4v) is 4.02. The van der Waals surface area contributed by atoms with Crippen LogP contribution in [-0.2, 0) is 4.79 Å². The highest BCUT2D eigenvalue weighted by molar-refractivity contribution is 5.93. The summed E-state index contributed by atoms with van der Waals surface area (Å²) >= 11 is 0. The maximum absolute atomic E-state index is 12.7. The Labute approximate surface area is 175 Å². The van der Waals surface area contributed by atoms with Crippen molar-refractivity contribution in [3.8, 4) is 0 Å². The van der Waals surface area contributed by atoms with Gasteiger partial charge >= 0.3 is 0 Å². The maximum Gasteiger partial charge on any atom is 0.279 e. The number of anilines is 1. The standard InChI is InChI=1S/C25H33N3O/c1-20(2)23-13-7-9-21(3)25(23)26-24(29)19-28-17-15-27(16-18-28)14-8-12-22-10-5-4-6-11-22/h4-13,20H,14-19H2,1-3H3,(H,26,29)/p+2/b12-8+. The van der Waals surface area contributed by atoms with Gasteiger partial charge in [-0.2, -0.15) is 0 Å². The van der Waals surface area contributed by atoms with Gasteiger partial charge in [0, 0.05) is 5.69 Å². The number of aryl methyl sites for hydroxylation is 1. The van der Waals surface area contributed by atoms with E-state index in [1.807, 2.05) is 6.07 Å². The van der Waals surface area contributed by atoms with E-state index in [4.69, 9.17) is 0 Å². The molecule has 0 radical (unpaired) electrons. The molecular formula is C25H35N3O+2. The highest BCUT2D eigenvalue weighted by atomic mass is 16.2. The van der Waals surface area contributed by atoms with Crippen LogP contribution in [0.2, 0.25) is 0 Å². The summed E-state index contributed by atoms with van der Waals surface area (Å²) in [6.45, 7) is 12.3. The van der Waals surface area contributed by atoms with E-state index in [0.717, 1.165) is 44.0 Å². The van der Waals surface area contributed by atoms with Crippen LogP contribution in [0.5, 0.6) is 0 Å². The lowest BCUT2D eigenvalue weighted by Crippen LogP contribution is -3.28. The zero-order valence-corrected chi connectivity index (χ0v) is 18.0. The van der Waals surface area contributed by atoms with E-state index in [1.54, 1.807) is 4.90 Å². The molecule has 1 aliphatic heterocycles. The second-order valence-electron chi connectivity index (χ2n) is 8.44. The minimum absolute atomic E-state index is 0.128. The Morgan fingerprint density at radius 3 is 2.38 bits per heavy atom. The van der Waals surface area contributed by atoms with Gasteiger partial charge in [-0.05, 0) is 35.6 Å². The molecule has 0 saturated carbocycles. The van der Waals surface area contributed by atoms with Crippen LogP contribution in [0.3, 0.4) is 0 Å². The Kier molecular flexibility index (Phi) is 7.62. The van der Waals surface area contributed by atoms with Gasteiger partial charge in [0.2, 0.25) is 0 Å². The van der Waals surface area contributed by atoms with Crippen molar-refractivity contribution in [1.29, 1.82) is 0 Å².